The maximum absolute atomic E-state index is 13.2. The molecular formula is C22H19F3N2O5S. The number of sulfonamides is 1. The average molecular weight is 480 g/mol. The Morgan fingerprint density at radius 1 is 1.21 bits per heavy atom. The molecule has 0 unspecified atom stereocenters. The van der Waals surface area contributed by atoms with Crippen molar-refractivity contribution in [3.05, 3.63) is 53.4 Å². The van der Waals surface area contributed by atoms with E-state index in [1.54, 1.807) is 6.92 Å². The van der Waals surface area contributed by atoms with E-state index in [4.69, 9.17) is 4.42 Å². The van der Waals surface area contributed by atoms with Crippen LogP contribution in [0.15, 0.2) is 45.7 Å². The monoisotopic (exact) mass is 480 g/mol. The van der Waals surface area contributed by atoms with E-state index in [1.165, 1.54) is 25.3 Å². The molecule has 11 heteroatoms. The molecule has 0 fully saturated rings. The first-order valence-corrected chi connectivity index (χ1v) is 11.1. The number of ether oxygens (including phenoxy) is 1. The summed E-state index contributed by atoms with van der Waals surface area (Å²) in [7, 11) is -2.92. The van der Waals surface area contributed by atoms with Crippen LogP contribution in [0.2, 0.25) is 0 Å². The van der Waals surface area contributed by atoms with Gasteiger partial charge in [-0.15, -0.1) is 0 Å². The van der Waals surface area contributed by atoms with Gasteiger partial charge >= 0.3 is 12.1 Å². The second-order valence-corrected chi connectivity index (χ2v) is 8.64. The number of nitrogens with zero attached hydrogens (tertiary/aromatic N) is 1. The molecule has 0 amide bonds. The van der Waals surface area contributed by atoms with E-state index in [0.29, 0.717) is 17.8 Å². The molecule has 7 nitrogen and oxygen atoms in total. The highest BCUT2D eigenvalue weighted by atomic mass is 32.2. The molecular weight excluding hydrogens is 461 g/mol. The maximum atomic E-state index is 13.2. The summed E-state index contributed by atoms with van der Waals surface area (Å²) >= 11 is 0. The van der Waals surface area contributed by atoms with Crippen LogP contribution in [0.5, 0.6) is 0 Å². The van der Waals surface area contributed by atoms with Crippen LogP contribution in [0.25, 0.3) is 11.1 Å². The van der Waals surface area contributed by atoms with Crippen LogP contribution in [0, 0.1) is 18.8 Å². The standard InChI is InChI=1S/C22H19F3N2O5S/c1-14-26-19-11-9-17(13-20(19)32-14)33(29,30)27-18-10-8-16(22(23,24)25)12-15(18)6-4-3-5-7-21(28)31-2/h8-13,27H,3,5,7H2,1-2H3. The lowest BCUT2D eigenvalue weighted by atomic mass is 10.1. The number of fused-ring (bicyclic) bond motifs is 1. The molecule has 3 aromatic rings. The lowest BCUT2D eigenvalue weighted by Crippen LogP contribution is -2.14. The molecule has 3 rings (SSSR count). The Kier molecular flexibility index (Phi) is 6.98. The van der Waals surface area contributed by atoms with Crippen molar-refractivity contribution in [2.75, 3.05) is 11.8 Å². The maximum Gasteiger partial charge on any atom is 0.416 e. The largest absolute Gasteiger partial charge is 0.469 e. The normalized spacial score (nSPS) is 11.7. The summed E-state index contributed by atoms with van der Waals surface area (Å²) < 4.78 is 77.4. The molecule has 174 valence electrons. The summed E-state index contributed by atoms with van der Waals surface area (Å²) in [6.07, 6.45) is -3.97. The summed E-state index contributed by atoms with van der Waals surface area (Å²) in [6, 6.07) is 6.61. The SMILES string of the molecule is COC(=O)CCCC#Cc1cc(C(F)(F)F)ccc1NS(=O)(=O)c1ccc2nc(C)oc2c1. The van der Waals surface area contributed by atoms with Crippen molar-refractivity contribution in [3.63, 3.8) is 0 Å². The Morgan fingerprint density at radius 3 is 2.67 bits per heavy atom. The molecule has 0 spiro atoms. The predicted molar refractivity (Wildman–Crippen MR) is 114 cm³/mol. The zero-order valence-electron chi connectivity index (χ0n) is 17.6. The van der Waals surface area contributed by atoms with Gasteiger partial charge in [0.05, 0.1) is 23.3 Å². The minimum absolute atomic E-state index is 0.108. The van der Waals surface area contributed by atoms with Crippen LogP contribution in [0.1, 0.15) is 36.3 Å². The fourth-order valence-corrected chi connectivity index (χ4v) is 3.98. The number of anilines is 1. The van der Waals surface area contributed by atoms with Crippen LogP contribution in [-0.2, 0) is 25.7 Å². The molecule has 0 saturated carbocycles. The molecule has 0 aliphatic rings. The van der Waals surface area contributed by atoms with Crippen molar-refractivity contribution < 1.29 is 35.5 Å². The van der Waals surface area contributed by atoms with E-state index in [-0.39, 0.29) is 34.6 Å². The van der Waals surface area contributed by atoms with Gasteiger partial charge in [0, 0.05) is 31.4 Å². The molecule has 0 radical (unpaired) electrons. The predicted octanol–water partition coefficient (Wildman–Crippen LogP) is 4.65. The van der Waals surface area contributed by atoms with Crippen LogP contribution in [-0.4, -0.2) is 26.5 Å². The van der Waals surface area contributed by atoms with Crippen molar-refractivity contribution >= 4 is 32.8 Å². The molecule has 1 heterocycles. The number of aromatic nitrogens is 1. The van der Waals surface area contributed by atoms with Crippen molar-refractivity contribution in [3.8, 4) is 11.8 Å². The number of hydrogen-bond acceptors (Lipinski definition) is 6. The number of aryl methyl sites for hydroxylation is 1. The van der Waals surface area contributed by atoms with Gasteiger partial charge in [-0.1, -0.05) is 11.8 Å². The molecule has 0 atom stereocenters. The van der Waals surface area contributed by atoms with Crippen LogP contribution < -0.4 is 4.72 Å². The Hall–Kier alpha value is -3.52. The second-order valence-electron chi connectivity index (χ2n) is 6.96. The summed E-state index contributed by atoms with van der Waals surface area (Å²) in [5.41, 5.74) is -0.504. The number of methoxy groups -OCH3 is 1. The number of rotatable bonds is 6. The Bertz CT molecular complexity index is 1350. The minimum atomic E-state index is -4.63. The van der Waals surface area contributed by atoms with Gasteiger partial charge in [-0.05, 0) is 36.8 Å². The Balaban J connectivity index is 1.90. The number of halogens is 3. The van der Waals surface area contributed by atoms with Gasteiger partial charge in [-0.2, -0.15) is 13.2 Å². The van der Waals surface area contributed by atoms with E-state index in [1.807, 2.05) is 0 Å². The van der Waals surface area contributed by atoms with E-state index in [0.717, 1.165) is 18.2 Å². The number of carbonyl (C=O) groups excluding carboxylic acids is 1. The Morgan fingerprint density at radius 2 is 1.97 bits per heavy atom. The van der Waals surface area contributed by atoms with Gasteiger partial charge in [0.15, 0.2) is 11.5 Å². The van der Waals surface area contributed by atoms with Crippen molar-refractivity contribution in [2.45, 2.75) is 37.3 Å². The Labute approximate surface area is 188 Å². The summed E-state index contributed by atoms with van der Waals surface area (Å²) in [5.74, 6) is 5.17. The third kappa shape index (κ3) is 6.04. The first kappa shape index (κ1) is 24.1. The number of nitrogens with one attached hydrogen (secondary N) is 1. The third-order valence-corrected chi connectivity index (χ3v) is 5.86. The van der Waals surface area contributed by atoms with Crippen molar-refractivity contribution in [1.82, 2.24) is 4.98 Å². The molecule has 2 aromatic carbocycles. The summed E-state index contributed by atoms with van der Waals surface area (Å²) in [4.78, 5) is 15.1. The summed E-state index contributed by atoms with van der Waals surface area (Å²) in [6.45, 7) is 1.62. The number of benzene rings is 2. The van der Waals surface area contributed by atoms with E-state index in [9.17, 15) is 26.4 Å². The second kappa shape index (κ2) is 9.54. The highest BCUT2D eigenvalue weighted by molar-refractivity contribution is 7.92. The smallest absolute Gasteiger partial charge is 0.416 e. The number of alkyl halides is 3. The van der Waals surface area contributed by atoms with Gasteiger partial charge in [0.1, 0.15) is 5.52 Å². The van der Waals surface area contributed by atoms with Crippen molar-refractivity contribution in [2.24, 2.45) is 0 Å². The van der Waals surface area contributed by atoms with Crippen LogP contribution in [0.3, 0.4) is 0 Å². The number of unbranched alkanes of at least 4 members (excludes halogenated alkanes) is 1. The first-order chi connectivity index (χ1) is 15.5. The quantitative estimate of drug-likeness (QED) is 0.313. The lowest BCUT2D eigenvalue weighted by Gasteiger charge is -2.13. The molecule has 0 saturated heterocycles. The topological polar surface area (TPSA) is 98.5 Å². The zero-order valence-corrected chi connectivity index (χ0v) is 18.4. The van der Waals surface area contributed by atoms with E-state index >= 15 is 0 Å². The van der Waals surface area contributed by atoms with Gasteiger partial charge in [-0.3, -0.25) is 9.52 Å². The van der Waals surface area contributed by atoms with Crippen molar-refractivity contribution in [1.29, 1.82) is 0 Å². The number of oxazole rings is 1. The molecule has 1 N–H and O–H groups in total. The van der Waals surface area contributed by atoms with Crippen LogP contribution in [0.4, 0.5) is 18.9 Å². The average Bonchev–Trinajstić information content (AvgIpc) is 3.12. The number of carbonyl (C=O) groups is 1. The molecule has 0 aliphatic carbocycles. The molecule has 0 bridgehead atoms. The number of hydrogen-bond donors (Lipinski definition) is 1. The molecule has 0 aliphatic heterocycles. The highest BCUT2D eigenvalue weighted by Crippen LogP contribution is 2.32. The highest BCUT2D eigenvalue weighted by Gasteiger charge is 2.31. The number of esters is 1. The molecule has 33 heavy (non-hydrogen) atoms. The van der Waals surface area contributed by atoms with E-state index in [2.05, 4.69) is 26.3 Å². The fourth-order valence-electron chi connectivity index (χ4n) is 2.88. The fraction of sp³-hybridized carbons (Fsp3) is 0.273. The van der Waals surface area contributed by atoms with Crippen LogP contribution >= 0.6 is 0 Å². The van der Waals surface area contributed by atoms with Gasteiger partial charge in [-0.25, -0.2) is 13.4 Å². The lowest BCUT2D eigenvalue weighted by molar-refractivity contribution is -0.140. The zero-order chi connectivity index (χ0) is 24.2. The van der Waals surface area contributed by atoms with Gasteiger partial charge < -0.3 is 9.15 Å². The van der Waals surface area contributed by atoms with Gasteiger partial charge in [0.25, 0.3) is 10.0 Å². The summed E-state index contributed by atoms with van der Waals surface area (Å²) in [5, 5.41) is 0. The molecule has 1 aromatic heterocycles. The van der Waals surface area contributed by atoms with Gasteiger partial charge in [0.2, 0.25) is 0 Å². The minimum Gasteiger partial charge on any atom is -0.469 e. The third-order valence-electron chi connectivity index (χ3n) is 4.50. The van der Waals surface area contributed by atoms with E-state index < -0.39 is 27.7 Å². The first-order valence-electron chi connectivity index (χ1n) is 9.66.